The average Bonchev–Trinajstić information content (AvgIpc) is 2.95. The first-order valence-corrected chi connectivity index (χ1v) is 6.85. The molecule has 1 amide bonds. The summed E-state index contributed by atoms with van der Waals surface area (Å²) >= 11 is 0. The summed E-state index contributed by atoms with van der Waals surface area (Å²) in [5, 5.41) is 15.9. The number of aromatic nitrogens is 2. The highest BCUT2D eigenvalue weighted by Crippen LogP contribution is 2.18. The summed E-state index contributed by atoms with van der Waals surface area (Å²) in [6.07, 6.45) is 0.898. The van der Waals surface area contributed by atoms with Gasteiger partial charge >= 0.3 is 0 Å². The normalized spacial score (nSPS) is 12.9. The van der Waals surface area contributed by atoms with E-state index in [1.54, 1.807) is 16.8 Å². The zero-order chi connectivity index (χ0) is 15.5. The molecule has 1 aliphatic rings. The molecule has 22 heavy (non-hydrogen) atoms. The van der Waals surface area contributed by atoms with Crippen LogP contribution in [-0.2, 0) is 13.1 Å². The monoisotopic (exact) mass is 300 g/mol. The van der Waals surface area contributed by atoms with E-state index in [4.69, 9.17) is 10.00 Å². The summed E-state index contributed by atoms with van der Waals surface area (Å²) in [6, 6.07) is 7.43. The predicted octanol–water partition coefficient (Wildman–Crippen LogP) is 1.61. The van der Waals surface area contributed by atoms with Crippen LogP contribution in [0.3, 0.4) is 0 Å². The van der Waals surface area contributed by atoms with Crippen molar-refractivity contribution in [1.82, 2.24) is 15.1 Å². The highest BCUT2D eigenvalue weighted by molar-refractivity contribution is 5.96. The summed E-state index contributed by atoms with van der Waals surface area (Å²) in [5.74, 6) is -0.539. The molecule has 1 aromatic heterocycles. The molecule has 0 unspecified atom stereocenters. The van der Waals surface area contributed by atoms with Crippen LogP contribution in [0.1, 0.15) is 28.0 Å². The Bertz CT molecular complexity index is 740. The third kappa shape index (κ3) is 2.63. The molecule has 0 atom stereocenters. The van der Waals surface area contributed by atoms with Gasteiger partial charge in [-0.15, -0.1) is 0 Å². The molecular weight excluding hydrogens is 287 g/mol. The SMILES string of the molecule is N#Cc1c(F)cccc1C(=O)NCc1cc2n(n1)CCCO2. The molecular formula is C15H13FN4O2. The summed E-state index contributed by atoms with van der Waals surface area (Å²) in [4.78, 5) is 12.1. The number of ether oxygens (including phenoxy) is 1. The standard InChI is InChI=1S/C15H13FN4O2/c16-13-4-1-3-11(12(13)8-17)15(21)18-9-10-7-14-20(19-10)5-2-6-22-14/h1,3-4,7H,2,5-6,9H2,(H,18,21). The zero-order valence-corrected chi connectivity index (χ0v) is 11.7. The van der Waals surface area contributed by atoms with E-state index in [2.05, 4.69) is 10.4 Å². The van der Waals surface area contributed by atoms with Crippen LogP contribution in [-0.4, -0.2) is 22.3 Å². The molecule has 1 N–H and O–H groups in total. The summed E-state index contributed by atoms with van der Waals surface area (Å²) in [5.41, 5.74) is 0.412. The van der Waals surface area contributed by atoms with Crippen LogP contribution in [0.2, 0.25) is 0 Å². The van der Waals surface area contributed by atoms with Gasteiger partial charge in [0.2, 0.25) is 5.88 Å². The molecule has 0 saturated heterocycles. The van der Waals surface area contributed by atoms with Crippen molar-refractivity contribution in [2.45, 2.75) is 19.5 Å². The van der Waals surface area contributed by atoms with E-state index in [1.807, 2.05) is 0 Å². The number of nitriles is 1. The van der Waals surface area contributed by atoms with Crippen LogP contribution >= 0.6 is 0 Å². The van der Waals surface area contributed by atoms with Crippen molar-refractivity contribution < 1.29 is 13.9 Å². The van der Waals surface area contributed by atoms with Crippen LogP contribution < -0.4 is 10.1 Å². The lowest BCUT2D eigenvalue weighted by atomic mass is 10.1. The van der Waals surface area contributed by atoms with Gasteiger partial charge in [-0.2, -0.15) is 10.4 Å². The van der Waals surface area contributed by atoms with E-state index >= 15 is 0 Å². The van der Waals surface area contributed by atoms with Crippen LogP contribution in [0.4, 0.5) is 4.39 Å². The van der Waals surface area contributed by atoms with E-state index < -0.39 is 11.7 Å². The maximum Gasteiger partial charge on any atom is 0.253 e. The van der Waals surface area contributed by atoms with Crippen molar-refractivity contribution in [3.05, 3.63) is 46.9 Å². The largest absolute Gasteiger partial charge is 0.478 e. The first-order chi connectivity index (χ1) is 10.7. The van der Waals surface area contributed by atoms with Crippen molar-refractivity contribution in [3.8, 4) is 11.9 Å². The first-order valence-electron chi connectivity index (χ1n) is 6.85. The van der Waals surface area contributed by atoms with E-state index in [0.29, 0.717) is 18.2 Å². The molecule has 2 aromatic rings. The molecule has 0 saturated carbocycles. The number of carbonyl (C=O) groups excluding carboxylic acids is 1. The van der Waals surface area contributed by atoms with E-state index in [0.717, 1.165) is 19.0 Å². The molecule has 0 fully saturated rings. The lowest BCUT2D eigenvalue weighted by Gasteiger charge is -2.13. The number of benzene rings is 1. The second-order valence-electron chi connectivity index (χ2n) is 4.86. The van der Waals surface area contributed by atoms with Crippen LogP contribution in [0.5, 0.6) is 5.88 Å². The van der Waals surface area contributed by atoms with Crippen molar-refractivity contribution in [3.63, 3.8) is 0 Å². The number of fused-ring (bicyclic) bond motifs is 1. The van der Waals surface area contributed by atoms with Crippen molar-refractivity contribution in [2.24, 2.45) is 0 Å². The smallest absolute Gasteiger partial charge is 0.253 e. The Morgan fingerprint density at radius 1 is 1.55 bits per heavy atom. The topological polar surface area (TPSA) is 79.9 Å². The Kier molecular flexibility index (Phi) is 3.74. The molecule has 0 radical (unpaired) electrons. The van der Waals surface area contributed by atoms with Gasteiger partial charge in [0.05, 0.1) is 24.4 Å². The molecule has 112 valence electrons. The number of rotatable bonds is 3. The van der Waals surface area contributed by atoms with E-state index in [9.17, 15) is 9.18 Å². The molecule has 0 spiro atoms. The quantitative estimate of drug-likeness (QED) is 0.934. The Hall–Kier alpha value is -2.88. The third-order valence-electron chi connectivity index (χ3n) is 3.36. The minimum atomic E-state index is -0.707. The number of nitrogens with one attached hydrogen (secondary N) is 1. The second-order valence-corrected chi connectivity index (χ2v) is 4.86. The molecule has 0 bridgehead atoms. The molecule has 6 nitrogen and oxygen atoms in total. The fourth-order valence-electron chi connectivity index (χ4n) is 2.30. The Morgan fingerprint density at radius 2 is 2.41 bits per heavy atom. The van der Waals surface area contributed by atoms with Gasteiger partial charge in [-0.3, -0.25) is 4.79 Å². The number of aryl methyl sites for hydroxylation is 1. The first kappa shape index (κ1) is 14.1. The third-order valence-corrected chi connectivity index (χ3v) is 3.36. The highest BCUT2D eigenvalue weighted by Gasteiger charge is 2.17. The van der Waals surface area contributed by atoms with Gasteiger partial charge in [-0.25, -0.2) is 9.07 Å². The predicted molar refractivity (Wildman–Crippen MR) is 74.6 cm³/mol. The Labute approximate surface area is 126 Å². The van der Waals surface area contributed by atoms with Gasteiger partial charge in [-0.05, 0) is 12.1 Å². The summed E-state index contributed by atoms with van der Waals surface area (Å²) in [7, 11) is 0. The maximum absolute atomic E-state index is 13.5. The number of hydrogen-bond donors (Lipinski definition) is 1. The van der Waals surface area contributed by atoms with Gasteiger partial charge in [-0.1, -0.05) is 6.07 Å². The van der Waals surface area contributed by atoms with E-state index in [1.165, 1.54) is 12.1 Å². The number of carbonyl (C=O) groups is 1. The van der Waals surface area contributed by atoms with Gasteiger partial charge in [0.1, 0.15) is 17.4 Å². The lowest BCUT2D eigenvalue weighted by Crippen LogP contribution is -2.24. The maximum atomic E-state index is 13.5. The van der Waals surface area contributed by atoms with Gasteiger partial charge in [0, 0.05) is 19.0 Å². The highest BCUT2D eigenvalue weighted by atomic mass is 19.1. The number of nitrogens with zero attached hydrogens (tertiary/aromatic N) is 3. The van der Waals surface area contributed by atoms with Crippen LogP contribution in [0.15, 0.2) is 24.3 Å². The number of halogens is 1. The van der Waals surface area contributed by atoms with Crippen molar-refractivity contribution in [1.29, 1.82) is 5.26 Å². The van der Waals surface area contributed by atoms with Crippen molar-refractivity contribution in [2.75, 3.05) is 6.61 Å². The summed E-state index contributed by atoms with van der Waals surface area (Å²) in [6.45, 7) is 1.63. The molecule has 1 aromatic carbocycles. The summed E-state index contributed by atoms with van der Waals surface area (Å²) < 4.78 is 20.7. The zero-order valence-electron chi connectivity index (χ0n) is 11.7. The van der Waals surface area contributed by atoms with Crippen LogP contribution in [0, 0.1) is 17.1 Å². The molecule has 1 aliphatic heterocycles. The lowest BCUT2D eigenvalue weighted by molar-refractivity contribution is 0.0949. The molecule has 0 aliphatic carbocycles. The molecule has 3 rings (SSSR count). The minimum Gasteiger partial charge on any atom is -0.478 e. The Morgan fingerprint density at radius 3 is 3.18 bits per heavy atom. The fourth-order valence-corrected chi connectivity index (χ4v) is 2.30. The number of hydrogen-bond acceptors (Lipinski definition) is 4. The fraction of sp³-hybridized carbons (Fsp3) is 0.267. The second kappa shape index (κ2) is 5.85. The Balaban J connectivity index is 1.72. The van der Waals surface area contributed by atoms with Gasteiger partial charge < -0.3 is 10.1 Å². The van der Waals surface area contributed by atoms with Gasteiger partial charge in [0.25, 0.3) is 5.91 Å². The number of amides is 1. The molecule has 2 heterocycles. The molecule has 7 heteroatoms. The van der Waals surface area contributed by atoms with Crippen molar-refractivity contribution >= 4 is 5.91 Å². The van der Waals surface area contributed by atoms with Crippen LogP contribution in [0.25, 0.3) is 0 Å². The van der Waals surface area contributed by atoms with E-state index in [-0.39, 0.29) is 17.7 Å². The average molecular weight is 300 g/mol. The minimum absolute atomic E-state index is 0.0164. The van der Waals surface area contributed by atoms with Gasteiger partial charge in [0.15, 0.2) is 0 Å².